The molecule has 3 rings (SSSR count). The van der Waals surface area contributed by atoms with E-state index in [0.717, 1.165) is 41.6 Å². The van der Waals surface area contributed by atoms with Gasteiger partial charge in [-0.3, -0.25) is 4.79 Å². The Kier molecular flexibility index (Phi) is 5.19. The Morgan fingerprint density at radius 2 is 2.10 bits per heavy atom. The molecule has 0 bridgehead atoms. The maximum absolute atomic E-state index is 13.3. The summed E-state index contributed by atoms with van der Waals surface area (Å²) in [6.45, 7) is 3.78. The van der Waals surface area contributed by atoms with Crippen LogP contribution in [0.2, 0.25) is 0 Å². The molecule has 6 heteroatoms. The van der Waals surface area contributed by atoms with Gasteiger partial charge < -0.3 is 10.6 Å². The standard InChI is InChI=1S/C15H17FN2OS.ClH/c1-9-12-8-10(16)2-3-13(12)20-14(9)15(19)18-11-4-6-17-7-5-11;/h2-3,8,11,17H,4-7H2,1H3,(H,18,19);1H. The molecule has 0 aliphatic carbocycles. The lowest BCUT2D eigenvalue weighted by Crippen LogP contribution is -2.42. The van der Waals surface area contributed by atoms with Crippen LogP contribution in [0, 0.1) is 12.7 Å². The van der Waals surface area contributed by atoms with Crippen LogP contribution in [0.1, 0.15) is 28.1 Å². The van der Waals surface area contributed by atoms with Gasteiger partial charge in [-0.05, 0) is 62.0 Å². The second kappa shape index (κ2) is 6.73. The molecule has 1 saturated heterocycles. The van der Waals surface area contributed by atoms with E-state index in [1.807, 2.05) is 6.92 Å². The van der Waals surface area contributed by atoms with E-state index in [2.05, 4.69) is 10.6 Å². The van der Waals surface area contributed by atoms with Gasteiger partial charge in [-0.1, -0.05) is 0 Å². The van der Waals surface area contributed by atoms with Crippen molar-refractivity contribution in [3.63, 3.8) is 0 Å². The van der Waals surface area contributed by atoms with Crippen molar-refractivity contribution in [1.82, 2.24) is 10.6 Å². The highest BCUT2D eigenvalue weighted by molar-refractivity contribution is 7.21. The lowest BCUT2D eigenvalue weighted by Gasteiger charge is -2.23. The Morgan fingerprint density at radius 3 is 2.81 bits per heavy atom. The Morgan fingerprint density at radius 1 is 1.38 bits per heavy atom. The summed E-state index contributed by atoms with van der Waals surface area (Å²) in [6.07, 6.45) is 1.93. The Labute approximate surface area is 133 Å². The van der Waals surface area contributed by atoms with E-state index in [-0.39, 0.29) is 30.2 Å². The Balaban J connectivity index is 0.00000161. The molecule has 2 heterocycles. The molecule has 2 N–H and O–H groups in total. The van der Waals surface area contributed by atoms with Crippen molar-refractivity contribution in [3.8, 4) is 0 Å². The molecule has 1 fully saturated rings. The minimum absolute atomic E-state index is 0. The molecule has 1 aliphatic rings. The van der Waals surface area contributed by atoms with Crippen LogP contribution < -0.4 is 10.6 Å². The van der Waals surface area contributed by atoms with E-state index in [1.165, 1.54) is 23.5 Å². The zero-order chi connectivity index (χ0) is 14.1. The van der Waals surface area contributed by atoms with Crippen molar-refractivity contribution in [1.29, 1.82) is 0 Å². The first kappa shape index (κ1) is 16.2. The number of nitrogens with one attached hydrogen (secondary N) is 2. The van der Waals surface area contributed by atoms with Gasteiger partial charge in [0.15, 0.2) is 0 Å². The Bertz CT molecular complexity index is 652. The first-order valence-electron chi connectivity index (χ1n) is 6.85. The van der Waals surface area contributed by atoms with E-state index in [9.17, 15) is 9.18 Å². The molecular formula is C15H18ClFN2OS. The summed E-state index contributed by atoms with van der Waals surface area (Å²) in [7, 11) is 0. The van der Waals surface area contributed by atoms with Gasteiger partial charge in [0.25, 0.3) is 5.91 Å². The molecule has 21 heavy (non-hydrogen) atoms. The van der Waals surface area contributed by atoms with Crippen molar-refractivity contribution in [2.45, 2.75) is 25.8 Å². The summed E-state index contributed by atoms with van der Waals surface area (Å²) in [5.41, 5.74) is 0.871. The number of fused-ring (bicyclic) bond motifs is 1. The zero-order valence-corrected chi connectivity index (χ0v) is 13.4. The minimum atomic E-state index is -0.260. The first-order chi connectivity index (χ1) is 9.65. The molecule has 1 aliphatic heterocycles. The summed E-state index contributed by atoms with van der Waals surface area (Å²) in [5, 5.41) is 7.20. The zero-order valence-electron chi connectivity index (χ0n) is 11.7. The van der Waals surface area contributed by atoms with Gasteiger partial charge in [0.2, 0.25) is 0 Å². The predicted octanol–water partition coefficient (Wildman–Crippen LogP) is 3.25. The molecule has 1 aromatic carbocycles. The third-order valence-corrected chi connectivity index (χ3v) is 5.05. The van der Waals surface area contributed by atoms with Gasteiger partial charge in [0, 0.05) is 10.7 Å². The normalized spacial score (nSPS) is 15.7. The molecule has 1 aromatic heterocycles. The summed E-state index contributed by atoms with van der Waals surface area (Å²) in [4.78, 5) is 13.1. The fraction of sp³-hybridized carbons (Fsp3) is 0.400. The average Bonchev–Trinajstić information content (AvgIpc) is 2.77. The monoisotopic (exact) mass is 328 g/mol. The third-order valence-electron chi connectivity index (χ3n) is 3.78. The fourth-order valence-electron chi connectivity index (χ4n) is 2.63. The molecule has 0 atom stereocenters. The molecule has 3 nitrogen and oxygen atoms in total. The van der Waals surface area contributed by atoms with Crippen molar-refractivity contribution < 1.29 is 9.18 Å². The third kappa shape index (κ3) is 3.36. The van der Waals surface area contributed by atoms with Gasteiger partial charge in [0.1, 0.15) is 5.82 Å². The van der Waals surface area contributed by atoms with Gasteiger partial charge in [-0.15, -0.1) is 23.7 Å². The van der Waals surface area contributed by atoms with Crippen LogP contribution in [0.25, 0.3) is 10.1 Å². The average molecular weight is 329 g/mol. The first-order valence-corrected chi connectivity index (χ1v) is 7.67. The van der Waals surface area contributed by atoms with Gasteiger partial charge in [-0.2, -0.15) is 0 Å². The van der Waals surface area contributed by atoms with Crippen LogP contribution in [0.15, 0.2) is 18.2 Å². The van der Waals surface area contributed by atoms with E-state index in [0.29, 0.717) is 4.88 Å². The quantitative estimate of drug-likeness (QED) is 0.888. The summed E-state index contributed by atoms with van der Waals surface area (Å²) in [5.74, 6) is -0.292. The lowest BCUT2D eigenvalue weighted by atomic mass is 10.1. The topological polar surface area (TPSA) is 41.1 Å². The number of halogens is 2. The van der Waals surface area contributed by atoms with E-state index in [4.69, 9.17) is 0 Å². The number of thiophene rings is 1. The number of carbonyl (C=O) groups is 1. The van der Waals surface area contributed by atoms with Crippen molar-refractivity contribution in [2.75, 3.05) is 13.1 Å². The highest BCUT2D eigenvalue weighted by Gasteiger charge is 2.20. The molecule has 1 amide bonds. The van der Waals surface area contributed by atoms with Crippen LogP contribution in [0.5, 0.6) is 0 Å². The molecule has 114 valence electrons. The predicted molar refractivity (Wildman–Crippen MR) is 87.1 cm³/mol. The number of carbonyl (C=O) groups excluding carboxylic acids is 1. The Hall–Kier alpha value is -1.17. The summed E-state index contributed by atoms with van der Waals surface area (Å²) in [6, 6.07) is 4.92. The van der Waals surface area contributed by atoms with E-state index >= 15 is 0 Å². The molecule has 0 spiro atoms. The smallest absolute Gasteiger partial charge is 0.261 e. The SMILES string of the molecule is Cc1c(C(=O)NC2CCNCC2)sc2ccc(F)cc12.Cl. The highest BCUT2D eigenvalue weighted by Crippen LogP contribution is 2.31. The van der Waals surface area contributed by atoms with Gasteiger partial charge in [0.05, 0.1) is 4.88 Å². The second-order valence-corrected chi connectivity index (χ2v) is 6.25. The van der Waals surface area contributed by atoms with E-state index < -0.39 is 0 Å². The maximum atomic E-state index is 13.3. The fourth-order valence-corrected chi connectivity index (χ4v) is 3.72. The number of rotatable bonds is 2. The highest BCUT2D eigenvalue weighted by atomic mass is 35.5. The minimum Gasteiger partial charge on any atom is -0.349 e. The van der Waals surface area contributed by atoms with Crippen LogP contribution in [-0.4, -0.2) is 25.0 Å². The molecule has 0 unspecified atom stereocenters. The van der Waals surface area contributed by atoms with Crippen LogP contribution in [0.3, 0.4) is 0 Å². The number of piperidine rings is 1. The number of aryl methyl sites for hydroxylation is 1. The number of amides is 1. The maximum Gasteiger partial charge on any atom is 0.261 e. The molecular weight excluding hydrogens is 311 g/mol. The molecule has 0 saturated carbocycles. The van der Waals surface area contributed by atoms with Crippen LogP contribution in [-0.2, 0) is 0 Å². The number of benzene rings is 1. The van der Waals surface area contributed by atoms with Crippen molar-refractivity contribution in [3.05, 3.63) is 34.5 Å². The van der Waals surface area contributed by atoms with E-state index in [1.54, 1.807) is 6.07 Å². The number of hydrogen-bond donors (Lipinski definition) is 2. The second-order valence-electron chi connectivity index (χ2n) is 5.19. The molecule has 2 aromatic rings. The van der Waals surface area contributed by atoms with Crippen molar-refractivity contribution >= 4 is 39.7 Å². The lowest BCUT2D eigenvalue weighted by molar-refractivity contribution is 0.0933. The largest absolute Gasteiger partial charge is 0.349 e. The van der Waals surface area contributed by atoms with Crippen LogP contribution in [0.4, 0.5) is 4.39 Å². The molecule has 0 radical (unpaired) electrons. The van der Waals surface area contributed by atoms with Crippen molar-refractivity contribution in [2.24, 2.45) is 0 Å². The van der Waals surface area contributed by atoms with Crippen LogP contribution >= 0.6 is 23.7 Å². The van der Waals surface area contributed by atoms with Gasteiger partial charge >= 0.3 is 0 Å². The summed E-state index contributed by atoms with van der Waals surface area (Å²) < 4.78 is 14.3. The number of hydrogen-bond acceptors (Lipinski definition) is 3. The summed E-state index contributed by atoms with van der Waals surface area (Å²) >= 11 is 1.43. The van der Waals surface area contributed by atoms with Gasteiger partial charge in [-0.25, -0.2) is 4.39 Å².